The number of nitrogens with zero attached hydrogens (tertiary/aromatic N) is 3. The topological polar surface area (TPSA) is 38.1 Å². The van der Waals surface area contributed by atoms with Gasteiger partial charge in [0.2, 0.25) is 0 Å². The summed E-state index contributed by atoms with van der Waals surface area (Å²) in [5.74, 6) is 0.640. The normalized spacial score (nSPS) is 14.6. The van der Waals surface area contributed by atoms with E-state index in [1.807, 2.05) is 27.8 Å². The average Bonchev–Trinajstić information content (AvgIpc) is 3.22. The molecule has 24 heavy (non-hydrogen) atoms. The molecule has 1 aromatic heterocycles. The maximum absolute atomic E-state index is 13.1. The van der Waals surface area contributed by atoms with E-state index < -0.39 is 0 Å². The van der Waals surface area contributed by atoms with Crippen LogP contribution in [0.15, 0.2) is 30.3 Å². The molecular formula is C20H27N3O. The molecule has 0 unspecified atom stereocenters. The summed E-state index contributed by atoms with van der Waals surface area (Å²) in [6.07, 6.45) is 3.86. The van der Waals surface area contributed by atoms with Gasteiger partial charge in [-0.3, -0.25) is 4.79 Å². The van der Waals surface area contributed by atoms with Crippen molar-refractivity contribution < 1.29 is 4.79 Å². The van der Waals surface area contributed by atoms with Crippen LogP contribution in [0.2, 0.25) is 0 Å². The van der Waals surface area contributed by atoms with Crippen molar-refractivity contribution in [1.82, 2.24) is 14.7 Å². The summed E-state index contributed by atoms with van der Waals surface area (Å²) in [4.78, 5) is 15.1. The molecule has 0 radical (unpaired) electrons. The lowest BCUT2D eigenvalue weighted by Crippen LogP contribution is -2.29. The third-order valence-electron chi connectivity index (χ3n) is 4.60. The molecule has 2 aromatic rings. The van der Waals surface area contributed by atoms with Gasteiger partial charge in [-0.1, -0.05) is 39.0 Å². The van der Waals surface area contributed by atoms with Crippen molar-refractivity contribution in [3.63, 3.8) is 0 Å². The van der Waals surface area contributed by atoms with Crippen molar-refractivity contribution in [2.75, 3.05) is 13.1 Å². The Hall–Kier alpha value is -2.10. The molecule has 4 nitrogen and oxygen atoms in total. The van der Waals surface area contributed by atoms with Gasteiger partial charge in [-0.25, -0.2) is 4.68 Å². The van der Waals surface area contributed by atoms with Crippen LogP contribution in [-0.4, -0.2) is 33.7 Å². The second-order valence-corrected chi connectivity index (χ2v) is 6.97. The molecule has 128 valence electrons. The molecule has 3 rings (SSSR count). The zero-order valence-electron chi connectivity index (χ0n) is 15.0. The first-order valence-electron chi connectivity index (χ1n) is 9.07. The minimum Gasteiger partial charge on any atom is -0.339 e. The van der Waals surface area contributed by atoms with Gasteiger partial charge in [-0.05, 0) is 43.7 Å². The third-order valence-corrected chi connectivity index (χ3v) is 4.60. The minimum absolute atomic E-state index is 0.169. The Balaban J connectivity index is 2.10. The molecule has 0 spiro atoms. The minimum atomic E-state index is 0.169. The zero-order valence-corrected chi connectivity index (χ0v) is 15.0. The predicted octanol–water partition coefficient (Wildman–Crippen LogP) is 3.87. The number of carbonyl (C=O) groups is 1. The van der Waals surface area contributed by atoms with Crippen LogP contribution < -0.4 is 0 Å². The Labute approximate surface area is 144 Å². The van der Waals surface area contributed by atoms with Crippen molar-refractivity contribution in [2.45, 2.75) is 46.5 Å². The van der Waals surface area contributed by atoms with Gasteiger partial charge < -0.3 is 4.90 Å². The lowest BCUT2D eigenvalue weighted by Gasteiger charge is -2.17. The van der Waals surface area contributed by atoms with Crippen LogP contribution in [0.5, 0.6) is 0 Å². The van der Waals surface area contributed by atoms with Crippen LogP contribution >= 0.6 is 0 Å². The van der Waals surface area contributed by atoms with E-state index in [0.717, 1.165) is 61.4 Å². The van der Waals surface area contributed by atoms with E-state index in [1.54, 1.807) is 0 Å². The van der Waals surface area contributed by atoms with Gasteiger partial charge >= 0.3 is 0 Å². The van der Waals surface area contributed by atoms with Gasteiger partial charge in [0.05, 0.1) is 22.6 Å². The highest BCUT2D eigenvalue weighted by atomic mass is 16.2. The molecule has 1 fully saturated rings. The van der Waals surface area contributed by atoms with E-state index in [9.17, 15) is 4.79 Å². The van der Waals surface area contributed by atoms with Gasteiger partial charge in [0.1, 0.15) is 0 Å². The summed E-state index contributed by atoms with van der Waals surface area (Å²) in [5.41, 5.74) is 3.85. The summed E-state index contributed by atoms with van der Waals surface area (Å²) >= 11 is 0. The molecule has 2 heterocycles. The maximum atomic E-state index is 13.1. The molecule has 0 bridgehead atoms. The molecule has 1 aliphatic rings. The first kappa shape index (κ1) is 16.7. The van der Waals surface area contributed by atoms with E-state index in [2.05, 4.69) is 32.9 Å². The first-order valence-corrected chi connectivity index (χ1v) is 9.07. The Kier molecular flexibility index (Phi) is 5.03. The van der Waals surface area contributed by atoms with Gasteiger partial charge in [-0.2, -0.15) is 5.10 Å². The van der Waals surface area contributed by atoms with E-state index in [0.29, 0.717) is 5.92 Å². The van der Waals surface area contributed by atoms with Crippen LogP contribution in [0.3, 0.4) is 0 Å². The van der Waals surface area contributed by atoms with Gasteiger partial charge in [0.25, 0.3) is 5.91 Å². The van der Waals surface area contributed by atoms with Gasteiger partial charge in [0, 0.05) is 13.1 Å². The number of aromatic nitrogens is 2. The number of hydrogen-bond donors (Lipinski definition) is 0. The van der Waals surface area contributed by atoms with Crippen LogP contribution in [0.1, 0.15) is 55.4 Å². The summed E-state index contributed by atoms with van der Waals surface area (Å²) < 4.78 is 1.97. The first-order chi connectivity index (χ1) is 11.6. The molecule has 0 saturated carbocycles. The fourth-order valence-electron chi connectivity index (χ4n) is 3.47. The molecule has 0 atom stereocenters. The van der Waals surface area contributed by atoms with Crippen molar-refractivity contribution >= 4 is 5.91 Å². The van der Waals surface area contributed by atoms with E-state index >= 15 is 0 Å². The Morgan fingerprint density at radius 3 is 2.42 bits per heavy atom. The van der Waals surface area contributed by atoms with Crippen molar-refractivity contribution in [1.29, 1.82) is 0 Å². The zero-order chi connectivity index (χ0) is 17.1. The number of hydrogen-bond acceptors (Lipinski definition) is 2. The van der Waals surface area contributed by atoms with Crippen molar-refractivity contribution in [3.05, 3.63) is 47.3 Å². The number of para-hydroxylation sites is 1. The van der Waals surface area contributed by atoms with E-state index in [4.69, 9.17) is 5.10 Å². The number of carbonyl (C=O) groups excluding carboxylic acids is 1. The molecule has 1 aliphatic heterocycles. The summed E-state index contributed by atoms with van der Waals surface area (Å²) in [6, 6.07) is 10.1. The predicted molar refractivity (Wildman–Crippen MR) is 96.6 cm³/mol. The molecule has 1 amide bonds. The molecule has 0 aliphatic carbocycles. The van der Waals surface area contributed by atoms with E-state index in [1.165, 1.54) is 0 Å². The largest absolute Gasteiger partial charge is 0.339 e. The molecular weight excluding hydrogens is 298 g/mol. The number of rotatable bonds is 5. The van der Waals surface area contributed by atoms with Crippen LogP contribution in [0.4, 0.5) is 0 Å². The molecule has 0 N–H and O–H groups in total. The standard InChI is InChI=1S/C20H27N3O/c1-4-18-19(20(24)22-12-8-9-13-22)17(14-15(2)3)21-23(18)16-10-6-5-7-11-16/h5-7,10-11,15H,4,8-9,12-14H2,1-3H3. The van der Waals surface area contributed by atoms with Gasteiger partial charge in [-0.15, -0.1) is 0 Å². The average molecular weight is 325 g/mol. The van der Waals surface area contributed by atoms with Crippen LogP contribution in [-0.2, 0) is 12.8 Å². The number of likely N-dealkylation sites (tertiary alicyclic amines) is 1. The highest BCUT2D eigenvalue weighted by Crippen LogP contribution is 2.25. The number of amides is 1. The summed E-state index contributed by atoms with van der Waals surface area (Å²) in [7, 11) is 0. The molecule has 1 saturated heterocycles. The SMILES string of the molecule is CCc1c(C(=O)N2CCCC2)c(CC(C)C)nn1-c1ccccc1. The van der Waals surface area contributed by atoms with Gasteiger partial charge in [0.15, 0.2) is 0 Å². The fraction of sp³-hybridized carbons (Fsp3) is 0.500. The Morgan fingerprint density at radius 1 is 1.17 bits per heavy atom. The second kappa shape index (κ2) is 7.20. The monoisotopic (exact) mass is 325 g/mol. The summed E-state index contributed by atoms with van der Waals surface area (Å²) in [5, 5.41) is 4.85. The van der Waals surface area contributed by atoms with Crippen LogP contribution in [0, 0.1) is 5.92 Å². The quantitative estimate of drug-likeness (QED) is 0.837. The maximum Gasteiger partial charge on any atom is 0.257 e. The summed E-state index contributed by atoms with van der Waals surface area (Å²) in [6.45, 7) is 8.21. The lowest BCUT2D eigenvalue weighted by atomic mass is 10.0. The number of benzene rings is 1. The molecule has 4 heteroatoms. The highest BCUT2D eigenvalue weighted by Gasteiger charge is 2.28. The van der Waals surface area contributed by atoms with Crippen molar-refractivity contribution in [3.8, 4) is 5.69 Å². The Morgan fingerprint density at radius 2 is 1.83 bits per heavy atom. The Bertz CT molecular complexity index is 697. The lowest BCUT2D eigenvalue weighted by molar-refractivity contribution is 0.0790. The van der Waals surface area contributed by atoms with Crippen LogP contribution in [0.25, 0.3) is 5.69 Å². The highest BCUT2D eigenvalue weighted by molar-refractivity contribution is 5.97. The smallest absolute Gasteiger partial charge is 0.257 e. The van der Waals surface area contributed by atoms with E-state index in [-0.39, 0.29) is 5.91 Å². The molecule has 1 aromatic carbocycles. The second-order valence-electron chi connectivity index (χ2n) is 6.97. The third kappa shape index (κ3) is 3.23. The fourth-order valence-corrected chi connectivity index (χ4v) is 3.47. The van der Waals surface area contributed by atoms with Crippen molar-refractivity contribution in [2.24, 2.45) is 5.92 Å².